The van der Waals surface area contributed by atoms with Crippen molar-refractivity contribution in [3.8, 4) is 11.5 Å². The van der Waals surface area contributed by atoms with Gasteiger partial charge < -0.3 is 9.15 Å². The predicted octanol–water partition coefficient (Wildman–Crippen LogP) is 5.19. The fraction of sp³-hybridized carbons (Fsp3) is 0.0667. The quantitative estimate of drug-likeness (QED) is 0.631. The first-order chi connectivity index (χ1) is 8.74. The molecule has 0 spiro atoms. The summed E-state index contributed by atoms with van der Waals surface area (Å²) in [5.74, 6) is 1.44. The molecule has 18 heavy (non-hydrogen) atoms. The molecule has 0 amide bonds. The summed E-state index contributed by atoms with van der Waals surface area (Å²) in [6, 6.07) is 13.3. The third kappa shape index (κ3) is 1.95. The third-order valence-electron chi connectivity index (χ3n) is 2.79. The Bertz CT molecular complexity index is 701. The van der Waals surface area contributed by atoms with Gasteiger partial charge in [-0.1, -0.05) is 29.8 Å². The number of benzene rings is 2. The van der Waals surface area contributed by atoms with Gasteiger partial charge in [-0.2, -0.15) is 0 Å². The molecule has 0 radical (unpaired) electrons. The summed E-state index contributed by atoms with van der Waals surface area (Å²) in [7, 11) is 0. The van der Waals surface area contributed by atoms with Crippen LogP contribution in [0.4, 0.5) is 0 Å². The number of rotatable bonds is 2. The fourth-order valence-electron chi connectivity index (χ4n) is 1.88. The highest BCUT2D eigenvalue weighted by Crippen LogP contribution is 2.34. The molecule has 3 heteroatoms. The average Bonchev–Trinajstić information content (AvgIpc) is 2.81. The van der Waals surface area contributed by atoms with Gasteiger partial charge in [-0.3, -0.25) is 0 Å². The minimum absolute atomic E-state index is 0.650. The van der Waals surface area contributed by atoms with Gasteiger partial charge in [0.2, 0.25) is 0 Å². The lowest BCUT2D eigenvalue weighted by Gasteiger charge is -2.09. The van der Waals surface area contributed by atoms with Crippen LogP contribution in [0.5, 0.6) is 11.5 Å². The lowest BCUT2D eigenvalue weighted by atomic mass is 10.1. The van der Waals surface area contributed by atoms with E-state index in [1.807, 2.05) is 43.3 Å². The molecule has 0 aliphatic carbocycles. The minimum Gasteiger partial charge on any atom is -0.460 e. The van der Waals surface area contributed by atoms with E-state index in [4.69, 9.17) is 20.8 Å². The van der Waals surface area contributed by atoms with Crippen LogP contribution >= 0.6 is 11.6 Å². The highest BCUT2D eigenvalue weighted by molar-refractivity contribution is 6.30. The second kappa shape index (κ2) is 4.39. The summed E-state index contributed by atoms with van der Waals surface area (Å²) in [6.07, 6.45) is 1.66. The topological polar surface area (TPSA) is 22.4 Å². The van der Waals surface area contributed by atoms with E-state index in [9.17, 15) is 0 Å². The minimum atomic E-state index is 0.650. The molecule has 2 nitrogen and oxygen atoms in total. The SMILES string of the molecule is Cc1ccc2ccoc2c1Oc1cccc(Cl)c1. The van der Waals surface area contributed by atoms with E-state index in [1.54, 1.807) is 12.3 Å². The summed E-state index contributed by atoms with van der Waals surface area (Å²) in [5, 5.41) is 1.68. The van der Waals surface area contributed by atoms with Gasteiger partial charge in [-0.25, -0.2) is 0 Å². The molecular weight excluding hydrogens is 248 g/mol. The molecule has 1 heterocycles. The van der Waals surface area contributed by atoms with E-state index in [0.29, 0.717) is 10.8 Å². The summed E-state index contributed by atoms with van der Waals surface area (Å²) < 4.78 is 11.4. The van der Waals surface area contributed by atoms with Crippen LogP contribution < -0.4 is 4.74 Å². The van der Waals surface area contributed by atoms with E-state index in [1.165, 1.54) is 0 Å². The Hall–Kier alpha value is -1.93. The van der Waals surface area contributed by atoms with Gasteiger partial charge in [-0.05, 0) is 36.8 Å². The molecule has 0 saturated heterocycles. The monoisotopic (exact) mass is 258 g/mol. The van der Waals surface area contributed by atoms with E-state index in [0.717, 1.165) is 22.3 Å². The maximum atomic E-state index is 5.94. The molecular formula is C15H11ClO2. The number of hydrogen-bond donors (Lipinski definition) is 0. The fourth-order valence-corrected chi connectivity index (χ4v) is 2.06. The summed E-state index contributed by atoms with van der Waals surface area (Å²) >= 11 is 5.94. The zero-order valence-corrected chi connectivity index (χ0v) is 10.6. The smallest absolute Gasteiger partial charge is 0.176 e. The third-order valence-corrected chi connectivity index (χ3v) is 3.02. The maximum absolute atomic E-state index is 5.94. The van der Waals surface area contributed by atoms with Crippen molar-refractivity contribution in [2.45, 2.75) is 6.92 Å². The molecule has 1 aromatic heterocycles. The number of fused-ring (bicyclic) bond motifs is 1. The van der Waals surface area contributed by atoms with Gasteiger partial charge in [-0.15, -0.1) is 0 Å². The van der Waals surface area contributed by atoms with E-state index < -0.39 is 0 Å². The Balaban J connectivity index is 2.09. The van der Waals surface area contributed by atoms with Crippen LogP contribution in [0, 0.1) is 6.92 Å². The second-order valence-corrected chi connectivity index (χ2v) is 4.55. The van der Waals surface area contributed by atoms with Gasteiger partial charge in [0.25, 0.3) is 0 Å². The van der Waals surface area contributed by atoms with Crippen molar-refractivity contribution in [3.05, 3.63) is 59.3 Å². The van der Waals surface area contributed by atoms with Crippen molar-refractivity contribution in [3.63, 3.8) is 0 Å². The molecule has 3 aromatic rings. The van der Waals surface area contributed by atoms with Crippen molar-refractivity contribution < 1.29 is 9.15 Å². The Morgan fingerprint density at radius 3 is 2.83 bits per heavy atom. The van der Waals surface area contributed by atoms with Crippen molar-refractivity contribution >= 4 is 22.6 Å². The van der Waals surface area contributed by atoms with E-state index in [2.05, 4.69) is 0 Å². The van der Waals surface area contributed by atoms with Crippen LogP contribution in [0.25, 0.3) is 11.0 Å². The van der Waals surface area contributed by atoms with Gasteiger partial charge in [0, 0.05) is 10.4 Å². The molecule has 2 aromatic carbocycles. The van der Waals surface area contributed by atoms with Crippen molar-refractivity contribution in [1.82, 2.24) is 0 Å². The Kier molecular flexibility index (Phi) is 2.73. The number of aryl methyl sites for hydroxylation is 1. The van der Waals surface area contributed by atoms with Crippen molar-refractivity contribution in [1.29, 1.82) is 0 Å². The van der Waals surface area contributed by atoms with Crippen LogP contribution in [-0.4, -0.2) is 0 Å². The first-order valence-corrected chi connectivity index (χ1v) is 6.02. The van der Waals surface area contributed by atoms with Crippen LogP contribution in [0.3, 0.4) is 0 Å². The van der Waals surface area contributed by atoms with Crippen LogP contribution in [-0.2, 0) is 0 Å². The van der Waals surface area contributed by atoms with Crippen LogP contribution in [0.2, 0.25) is 5.02 Å². The van der Waals surface area contributed by atoms with Gasteiger partial charge in [0.05, 0.1) is 6.26 Å². The zero-order chi connectivity index (χ0) is 12.5. The van der Waals surface area contributed by atoms with Crippen molar-refractivity contribution in [2.24, 2.45) is 0 Å². The van der Waals surface area contributed by atoms with Crippen LogP contribution in [0.15, 0.2) is 53.1 Å². The number of ether oxygens (including phenoxy) is 1. The lowest BCUT2D eigenvalue weighted by molar-refractivity contribution is 0.469. The summed E-state index contributed by atoms with van der Waals surface area (Å²) in [4.78, 5) is 0. The first-order valence-electron chi connectivity index (χ1n) is 5.64. The first kappa shape index (κ1) is 11.2. The molecule has 0 fully saturated rings. The molecule has 0 bridgehead atoms. The molecule has 0 unspecified atom stereocenters. The maximum Gasteiger partial charge on any atom is 0.176 e. The highest BCUT2D eigenvalue weighted by atomic mass is 35.5. The predicted molar refractivity (Wildman–Crippen MR) is 72.5 cm³/mol. The number of hydrogen-bond acceptors (Lipinski definition) is 2. The molecule has 3 rings (SSSR count). The molecule has 0 aliphatic rings. The lowest BCUT2D eigenvalue weighted by Crippen LogP contribution is -1.88. The van der Waals surface area contributed by atoms with E-state index in [-0.39, 0.29) is 0 Å². The summed E-state index contributed by atoms with van der Waals surface area (Å²) in [5.41, 5.74) is 1.78. The summed E-state index contributed by atoms with van der Waals surface area (Å²) in [6.45, 7) is 1.99. The molecule has 0 N–H and O–H groups in total. The standard InChI is InChI=1S/C15H11ClO2/c1-10-5-6-11-7-8-17-15(11)14(10)18-13-4-2-3-12(16)9-13/h2-9H,1H3. The largest absolute Gasteiger partial charge is 0.460 e. The Morgan fingerprint density at radius 2 is 2.00 bits per heavy atom. The molecule has 0 atom stereocenters. The highest BCUT2D eigenvalue weighted by Gasteiger charge is 2.10. The van der Waals surface area contributed by atoms with Crippen molar-refractivity contribution in [2.75, 3.05) is 0 Å². The van der Waals surface area contributed by atoms with E-state index >= 15 is 0 Å². The number of halogens is 1. The van der Waals surface area contributed by atoms with Crippen LogP contribution in [0.1, 0.15) is 5.56 Å². The second-order valence-electron chi connectivity index (χ2n) is 4.11. The molecule has 0 aliphatic heterocycles. The average molecular weight is 259 g/mol. The Morgan fingerprint density at radius 1 is 1.11 bits per heavy atom. The normalized spacial score (nSPS) is 10.8. The number of furan rings is 1. The van der Waals surface area contributed by atoms with Gasteiger partial charge in [0.1, 0.15) is 5.75 Å². The molecule has 90 valence electrons. The molecule has 0 saturated carbocycles. The van der Waals surface area contributed by atoms with Gasteiger partial charge in [0.15, 0.2) is 11.3 Å². The Labute approximate surface area is 110 Å². The zero-order valence-electron chi connectivity index (χ0n) is 9.81. The van der Waals surface area contributed by atoms with Gasteiger partial charge >= 0.3 is 0 Å².